The molecular formula is C15H20N2O2. The first-order valence-corrected chi connectivity index (χ1v) is 6.49. The van der Waals surface area contributed by atoms with E-state index in [2.05, 4.69) is 49.6 Å². The first-order valence-electron chi connectivity index (χ1n) is 6.49. The molecule has 1 saturated heterocycles. The predicted molar refractivity (Wildman–Crippen MR) is 73.8 cm³/mol. The minimum absolute atomic E-state index is 0.0599. The summed E-state index contributed by atoms with van der Waals surface area (Å²) in [7, 11) is 0. The van der Waals surface area contributed by atoms with Crippen molar-refractivity contribution in [3.8, 4) is 0 Å². The van der Waals surface area contributed by atoms with Crippen LogP contribution in [0.15, 0.2) is 18.2 Å². The van der Waals surface area contributed by atoms with Crippen molar-refractivity contribution in [2.45, 2.75) is 39.2 Å². The molecule has 1 heterocycles. The number of nitrogens with one attached hydrogen (secondary N) is 2. The van der Waals surface area contributed by atoms with Gasteiger partial charge in [-0.15, -0.1) is 0 Å². The van der Waals surface area contributed by atoms with Crippen LogP contribution in [0.4, 0.5) is 0 Å². The van der Waals surface area contributed by atoms with Gasteiger partial charge in [-0.3, -0.25) is 9.59 Å². The molecule has 4 nitrogen and oxygen atoms in total. The zero-order chi connectivity index (χ0) is 14.2. The Bertz CT molecular complexity index is 529. The Kier molecular flexibility index (Phi) is 3.35. The Balaban J connectivity index is 2.34. The number of piperazine rings is 1. The van der Waals surface area contributed by atoms with E-state index in [1.54, 1.807) is 0 Å². The fourth-order valence-corrected chi connectivity index (χ4v) is 2.22. The summed E-state index contributed by atoms with van der Waals surface area (Å²) >= 11 is 0. The Morgan fingerprint density at radius 1 is 1.16 bits per heavy atom. The molecule has 0 bridgehead atoms. The van der Waals surface area contributed by atoms with E-state index in [1.165, 1.54) is 5.56 Å². The van der Waals surface area contributed by atoms with Crippen molar-refractivity contribution in [2.24, 2.45) is 0 Å². The van der Waals surface area contributed by atoms with Gasteiger partial charge in [0.2, 0.25) is 0 Å². The first kappa shape index (κ1) is 13.6. The van der Waals surface area contributed by atoms with E-state index in [1.807, 2.05) is 6.92 Å². The molecule has 102 valence electrons. The van der Waals surface area contributed by atoms with Gasteiger partial charge in [-0.25, -0.2) is 0 Å². The highest BCUT2D eigenvalue weighted by atomic mass is 16.2. The second kappa shape index (κ2) is 4.68. The lowest BCUT2D eigenvalue weighted by atomic mass is 9.84. The molecule has 1 atom stereocenters. The van der Waals surface area contributed by atoms with Crippen molar-refractivity contribution in [1.82, 2.24) is 10.6 Å². The van der Waals surface area contributed by atoms with Crippen LogP contribution in [0, 0.1) is 6.92 Å². The molecule has 2 N–H and O–H groups in total. The number of hydrogen-bond donors (Lipinski definition) is 2. The summed E-state index contributed by atoms with van der Waals surface area (Å²) in [5, 5.41) is 5.37. The first-order chi connectivity index (χ1) is 8.79. The minimum Gasteiger partial charge on any atom is -0.345 e. The molecule has 4 heteroatoms. The van der Waals surface area contributed by atoms with Crippen LogP contribution in [0.25, 0.3) is 0 Å². The topological polar surface area (TPSA) is 58.2 Å². The van der Waals surface area contributed by atoms with Crippen LogP contribution in [0.2, 0.25) is 0 Å². The van der Waals surface area contributed by atoms with E-state index < -0.39 is 11.8 Å². The maximum atomic E-state index is 11.4. The largest absolute Gasteiger partial charge is 0.345 e. The van der Waals surface area contributed by atoms with Gasteiger partial charge in [-0.1, -0.05) is 39.0 Å². The third-order valence-corrected chi connectivity index (χ3v) is 3.50. The van der Waals surface area contributed by atoms with E-state index in [-0.39, 0.29) is 11.5 Å². The molecule has 2 amide bonds. The molecule has 1 unspecified atom stereocenters. The van der Waals surface area contributed by atoms with Gasteiger partial charge in [0.1, 0.15) is 0 Å². The van der Waals surface area contributed by atoms with Gasteiger partial charge < -0.3 is 10.6 Å². The van der Waals surface area contributed by atoms with Gasteiger partial charge in [0.05, 0.1) is 6.04 Å². The number of carbonyl (C=O) groups is 2. The van der Waals surface area contributed by atoms with Gasteiger partial charge in [0, 0.05) is 6.54 Å². The highest BCUT2D eigenvalue weighted by Crippen LogP contribution is 2.27. The van der Waals surface area contributed by atoms with Crippen LogP contribution in [0.3, 0.4) is 0 Å². The third kappa shape index (κ3) is 2.78. The Morgan fingerprint density at radius 3 is 2.42 bits per heavy atom. The molecule has 0 radical (unpaired) electrons. The molecule has 0 aliphatic carbocycles. The number of aryl methyl sites for hydroxylation is 1. The van der Waals surface area contributed by atoms with Crippen LogP contribution < -0.4 is 10.6 Å². The lowest BCUT2D eigenvalue weighted by Crippen LogP contribution is -2.51. The van der Waals surface area contributed by atoms with Gasteiger partial charge in [-0.2, -0.15) is 0 Å². The number of carbonyl (C=O) groups excluding carboxylic acids is 2. The van der Waals surface area contributed by atoms with Crippen LogP contribution in [-0.4, -0.2) is 18.4 Å². The van der Waals surface area contributed by atoms with Gasteiger partial charge in [0.25, 0.3) is 0 Å². The highest BCUT2D eigenvalue weighted by Gasteiger charge is 2.27. The van der Waals surface area contributed by atoms with Crippen molar-refractivity contribution in [2.75, 3.05) is 6.54 Å². The number of rotatable bonds is 1. The lowest BCUT2D eigenvalue weighted by Gasteiger charge is -2.27. The summed E-state index contributed by atoms with van der Waals surface area (Å²) in [6.45, 7) is 8.93. The molecule has 0 aromatic heterocycles. The monoisotopic (exact) mass is 260 g/mol. The maximum Gasteiger partial charge on any atom is 0.309 e. The van der Waals surface area contributed by atoms with E-state index in [0.29, 0.717) is 6.54 Å². The van der Waals surface area contributed by atoms with Crippen molar-refractivity contribution in [1.29, 1.82) is 0 Å². The molecule has 2 rings (SSSR count). The molecule has 1 aliphatic heterocycles. The molecule has 1 fully saturated rings. The summed E-state index contributed by atoms with van der Waals surface area (Å²) in [5.74, 6) is -1.11. The Hall–Kier alpha value is -1.84. The fraction of sp³-hybridized carbons (Fsp3) is 0.467. The molecule has 19 heavy (non-hydrogen) atoms. The smallest absolute Gasteiger partial charge is 0.309 e. The van der Waals surface area contributed by atoms with E-state index in [0.717, 1.165) is 11.1 Å². The van der Waals surface area contributed by atoms with Gasteiger partial charge in [0.15, 0.2) is 0 Å². The van der Waals surface area contributed by atoms with Crippen molar-refractivity contribution in [3.05, 3.63) is 34.9 Å². The van der Waals surface area contributed by atoms with Crippen LogP contribution in [0.5, 0.6) is 0 Å². The minimum atomic E-state index is -0.559. The Labute approximate surface area is 113 Å². The molecule has 0 spiro atoms. The number of benzene rings is 1. The van der Waals surface area contributed by atoms with E-state index >= 15 is 0 Å². The average molecular weight is 260 g/mol. The molecule has 1 aromatic carbocycles. The SMILES string of the molecule is Cc1ccc(C(C)(C)C)cc1C1CNC(=O)C(=O)N1. The second-order valence-electron chi connectivity index (χ2n) is 6.06. The summed E-state index contributed by atoms with van der Waals surface area (Å²) in [4.78, 5) is 22.6. The summed E-state index contributed by atoms with van der Waals surface area (Å²) in [5.41, 5.74) is 3.47. The van der Waals surface area contributed by atoms with Crippen molar-refractivity contribution in [3.63, 3.8) is 0 Å². The standard InChI is InChI=1S/C15H20N2O2/c1-9-5-6-10(15(2,3)4)7-11(9)12-8-16-13(18)14(19)17-12/h5-7,12H,8H2,1-4H3,(H,16,18)(H,17,19). The zero-order valence-corrected chi connectivity index (χ0v) is 11.8. The predicted octanol–water partition coefficient (Wildman–Crippen LogP) is 1.58. The average Bonchev–Trinajstić information content (AvgIpc) is 2.32. The lowest BCUT2D eigenvalue weighted by molar-refractivity contribution is -0.141. The zero-order valence-electron chi connectivity index (χ0n) is 11.8. The second-order valence-corrected chi connectivity index (χ2v) is 6.06. The van der Waals surface area contributed by atoms with Gasteiger partial charge in [-0.05, 0) is 29.0 Å². The number of hydrogen-bond acceptors (Lipinski definition) is 2. The molecular weight excluding hydrogens is 240 g/mol. The molecule has 1 aliphatic rings. The normalized spacial score (nSPS) is 19.9. The summed E-state index contributed by atoms with van der Waals surface area (Å²) in [6, 6.07) is 6.16. The Morgan fingerprint density at radius 2 is 1.84 bits per heavy atom. The fourth-order valence-electron chi connectivity index (χ4n) is 2.22. The van der Waals surface area contributed by atoms with E-state index in [9.17, 15) is 9.59 Å². The summed E-state index contributed by atoms with van der Waals surface area (Å²) < 4.78 is 0. The molecule has 1 aromatic rings. The van der Waals surface area contributed by atoms with Crippen LogP contribution >= 0.6 is 0 Å². The highest BCUT2D eigenvalue weighted by molar-refractivity contribution is 6.35. The van der Waals surface area contributed by atoms with Crippen molar-refractivity contribution < 1.29 is 9.59 Å². The third-order valence-electron chi connectivity index (χ3n) is 3.50. The van der Waals surface area contributed by atoms with E-state index in [4.69, 9.17) is 0 Å². The van der Waals surface area contributed by atoms with Gasteiger partial charge >= 0.3 is 11.8 Å². The molecule has 0 saturated carbocycles. The maximum absolute atomic E-state index is 11.4. The quantitative estimate of drug-likeness (QED) is 0.753. The van der Waals surface area contributed by atoms with Crippen LogP contribution in [-0.2, 0) is 15.0 Å². The summed E-state index contributed by atoms with van der Waals surface area (Å²) in [6.07, 6.45) is 0. The van der Waals surface area contributed by atoms with Crippen LogP contribution in [0.1, 0.15) is 43.5 Å². The van der Waals surface area contributed by atoms with Crippen molar-refractivity contribution >= 4 is 11.8 Å². The number of amides is 2.